The summed E-state index contributed by atoms with van der Waals surface area (Å²) in [5.41, 5.74) is 0.119. The molecule has 3 rings (SSSR count). The van der Waals surface area contributed by atoms with Crippen molar-refractivity contribution in [2.75, 3.05) is 49.1 Å². The van der Waals surface area contributed by atoms with Crippen LogP contribution in [0.5, 0.6) is 0 Å². The first-order valence-corrected chi connectivity index (χ1v) is 8.01. The van der Waals surface area contributed by atoms with Crippen LogP contribution in [0.1, 0.15) is 19.8 Å². The lowest BCUT2D eigenvalue weighted by Crippen LogP contribution is -2.44. The number of nitro groups is 1. The number of aromatic nitrogens is 1. The van der Waals surface area contributed by atoms with Gasteiger partial charge in [-0.25, -0.2) is 4.98 Å². The fourth-order valence-electron chi connectivity index (χ4n) is 3.10. The normalized spacial score (nSPS) is 20.2. The van der Waals surface area contributed by atoms with Crippen molar-refractivity contribution in [1.29, 1.82) is 0 Å². The molecule has 0 aliphatic carbocycles. The van der Waals surface area contributed by atoms with Gasteiger partial charge in [0.1, 0.15) is 5.82 Å². The summed E-state index contributed by atoms with van der Waals surface area (Å²) in [6.45, 7) is 7.56. The van der Waals surface area contributed by atoms with Gasteiger partial charge in [-0.15, -0.1) is 0 Å². The molecule has 2 saturated heterocycles. The molecule has 120 valence electrons. The van der Waals surface area contributed by atoms with Gasteiger partial charge in [-0.1, -0.05) is 6.92 Å². The van der Waals surface area contributed by atoms with E-state index in [1.807, 2.05) is 0 Å². The maximum absolute atomic E-state index is 11.3. The number of hydrogen-bond acceptors (Lipinski definition) is 6. The van der Waals surface area contributed by atoms with Crippen LogP contribution < -0.4 is 15.1 Å². The number of piperazine rings is 1. The molecule has 0 bridgehead atoms. The molecule has 0 amide bonds. The highest BCUT2D eigenvalue weighted by atomic mass is 16.6. The summed E-state index contributed by atoms with van der Waals surface area (Å²) < 4.78 is 0. The molecule has 22 heavy (non-hydrogen) atoms. The van der Waals surface area contributed by atoms with E-state index in [2.05, 4.69) is 27.0 Å². The number of nitrogens with one attached hydrogen (secondary N) is 1. The molecular formula is C15H23N5O2. The lowest BCUT2D eigenvalue weighted by molar-refractivity contribution is -0.384. The number of anilines is 2. The van der Waals surface area contributed by atoms with Gasteiger partial charge in [-0.05, 0) is 24.8 Å². The highest BCUT2D eigenvalue weighted by Gasteiger charge is 2.26. The summed E-state index contributed by atoms with van der Waals surface area (Å²) in [6, 6.07) is 3.39. The van der Waals surface area contributed by atoms with Crippen molar-refractivity contribution < 1.29 is 4.92 Å². The molecule has 2 aliphatic heterocycles. The number of nitrogens with zero attached hydrogens (tertiary/aromatic N) is 4. The van der Waals surface area contributed by atoms with E-state index in [1.165, 1.54) is 0 Å². The van der Waals surface area contributed by atoms with E-state index in [-0.39, 0.29) is 10.6 Å². The van der Waals surface area contributed by atoms with Crippen LogP contribution in [0, 0.1) is 16.0 Å². The van der Waals surface area contributed by atoms with Gasteiger partial charge >= 0.3 is 5.69 Å². The number of rotatable bonds is 3. The average Bonchev–Trinajstić information content (AvgIpc) is 2.56. The van der Waals surface area contributed by atoms with Gasteiger partial charge in [0, 0.05) is 45.3 Å². The Morgan fingerprint density at radius 1 is 1.18 bits per heavy atom. The summed E-state index contributed by atoms with van der Waals surface area (Å²) in [6.07, 6.45) is 2.13. The predicted molar refractivity (Wildman–Crippen MR) is 86.6 cm³/mol. The highest BCUT2D eigenvalue weighted by Crippen LogP contribution is 2.31. The summed E-state index contributed by atoms with van der Waals surface area (Å²) in [4.78, 5) is 19.9. The lowest BCUT2D eigenvalue weighted by Gasteiger charge is -2.32. The molecular weight excluding hydrogens is 282 g/mol. The van der Waals surface area contributed by atoms with Crippen molar-refractivity contribution in [1.82, 2.24) is 10.3 Å². The Kier molecular flexibility index (Phi) is 4.42. The van der Waals surface area contributed by atoms with Crippen LogP contribution in [0.4, 0.5) is 17.3 Å². The van der Waals surface area contributed by atoms with E-state index in [0.29, 0.717) is 11.7 Å². The maximum Gasteiger partial charge on any atom is 0.311 e. The minimum Gasteiger partial charge on any atom is -0.354 e. The van der Waals surface area contributed by atoms with Crippen LogP contribution in [-0.4, -0.2) is 49.2 Å². The van der Waals surface area contributed by atoms with Crippen LogP contribution in [-0.2, 0) is 0 Å². The molecule has 7 nitrogen and oxygen atoms in total. The number of pyridine rings is 1. The minimum absolute atomic E-state index is 0.119. The van der Waals surface area contributed by atoms with Crippen molar-refractivity contribution in [3.8, 4) is 0 Å². The largest absolute Gasteiger partial charge is 0.354 e. The smallest absolute Gasteiger partial charge is 0.311 e. The van der Waals surface area contributed by atoms with Crippen LogP contribution in [0.3, 0.4) is 0 Å². The van der Waals surface area contributed by atoms with Crippen molar-refractivity contribution in [3.63, 3.8) is 0 Å². The summed E-state index contributed by atoms with van der Waals surface area (Å²) in [5, 5.41) is 14.6. The second-order valence-corrected chi connectivity index (χ2v) is 6.18. The van der Waals surface area contributed by atoms with Gasteiger partial charge in [0.05, 0.1) is 4.92 Å². The SMILES string of the molecule is CC1CCN(c2nc(N3CCNCC3)ccc2[N+](=O)[O-])CC1. The van der Waals surface area contributed by atoms with Gasteiger partial charge < -0.3 is 15.1 Å². The summed E-state index contributed by atoms with van der Waals surface area (Å²) in [5.74, 6) is 2.07. The zero-order valence-electron chi connectivity index (χ0n) is 13.0. The molecule has 2 fully saturated rings. The third kappa shape index (κ3) is 3.14. The molecule has 0 spiro atoms. The molecule has 1 aromatic rings. The van der Waals surface area contributed by atoms with Crippen LogP contribution >= 0.6 is 0 Å². The Bertz CT molecular complexity index is 537. The first-order chi connectivity index (χ1) is 10.6. The fraction of sp³-hybridized carbons (Fsp3) is 0.667. The Balaban J connectivity index is 1.88. The van der Waals surface area contributed by atoms with Gasteiger partial charge in [0.15, 0.2) is 0 Å². The van der Waals surface area contributed by atoms with Crippen LogP contribution in [0.25, 0.3) is 0 Å². The average molecular weight is 305 g/mol. The van der Waals surface area contributed by atoms with E-state index in [0.717, 1.165) is 57.9 Å². The van der Waals surface area contributed by atoms with Gasteiger partial charge in [0.2, 0.25) is 5.82 Å². The predicted octanol–water partition coefficient (Wildman–Crippen LogP) is 1.64. The van der Waals surface area contributed by atoms with Crippen molar-refractivity contribution in [2.45, 2.75) is 19.8 Å². The fourth-order valence-corrected chi connectivity index (χ4v) is 3.10. The molecule has 2 aliphatic rings. The van der Waals surface area contributed by atoms with Gasteiger partial charge in [-0.2, -0.15) is 0 Å². The molecule has 1 aromatic heterocycles. The van der Waals surface area contributed by atoms with Crippen molar-refractivity contribution in [2.24, 2.45) is 5.92 Å². The quantitative estimate of drug-likeness (QED) is 0.676. The number of piperidine rings is 1. The van der Waals surface area contributed by atoms with Crippen molar-refractivity contribution in [3.05, 3.63) is 22.2 Å². The lowest BCUT2D eigenvalue weighted by atomic mass is 9.99. The van der Waals surface area contributed by atoms with E-state index in [4.69, 9.17) is 0 Å². The summed E-state index contributed by atoms with van der Waals surface area (Å²) in [7, 11) is 0. The molecule has 7 heteroatoms. The van der Waals surface area contributed by atoms with Gasteiger partial charge in [-0.3, -0.25) is 10.1 Å². The van der Waals surface area contributed by atoms with E-state index < -0.39 is 0 Å². The monoisotopic (exact) mass is 305 g/mol. The Morgan fingerprint density at radius 3 is 2.50 bits per heavy atom. The molecule has 0 saturated carbocycles. The third-order valence-corrected chi connectivity index (χ3v) is 4.56. The zero-order valence-corrected chi connectivity index (χ0v) is 13.0. The molecule has 3 heterocycles. The molecule has 1 N–H and O–H groups in total. The van der Waals surface area contributed by atoms with Crippen molar-refractivity contribution >= 4 is 17.3 Å². The molecule has 0 unspecified atom stereocenters. The Morgan fingerprint density at radius 2 is 1.86 bits per heavy atom. The second kappa shape index (κ2) is 6.48. The van der Waals surface area contributed by atoms with E-state index >= 15 is 0 Å². The van der Waals surface area contributed by atoms with E-state index in [1.54, 1.807) is 12.1 Å². The molecule has 0 radical (unpaired) electrons. The Labute approximate surface area is 130 Å². The zero-order chi connectivity index (χ0) is 15.5. The maximum atomic E-state index is 11.3. The molecule has 0 atom stereocenters. The molecule has 0 aromatic carbocycles. The second-order valence-electron chi connectivity index (χ2n) is 6.18. The summed E-state index contributed by atoms with van der Waals surface area (Å²) >= 11 is 0. The first kappa shape index (κ1) is 15.0. The van der Waals surface area contributed by atoms with E-state index in [9.17, 15) is 10.1 Å². The Hall–Kier alpha value is -1.89. The third-order valence-electron chi connectivity index (χ3n) is 4.56. The minimum atomic E-state index is -0.318. The number of hydrogen-bond donors (Lipinski definition) is 1. The van der Waals surface area contributed by atoms with Crippen LogP contribution in [0.2, 0.25) is 0 Å². The first-order valence-electron chi connectivity index (χ1n) is 8.01. The van der Waals surface area contributed by atoms with Gasteiger partial charge in [0.25, 0.3) is 0 Å². The highest BCUT2D eigenvalue weighted by molar-refractivity contribution is 5.62. The topological polar surface area (TPSA) is 74.5 Å². The van der Waals surface area contributed by atoms with Crippen LogP contribution in [0.15, 0.2) is 12.1 Å². The standard InChI is InChI=1S/C15H23N5O2/c1-12-4-8-19(9-5-12)15-13(20(21)22)2-3-14(17-15)18-10-6-16-7-11-18/h2-3,12,16H,4-11H2,1H3.